The molecular weight excluding hydrogens is 305 g/mol. The average Bonchev–Trinajstić information content (AvgIpc) is 2.40. The molecule has 2 rings (SSSR count). The predicted octanol–water partition coefficient (Wildman–Crippen LogP) is 2.76. The lowest BCUT2D eigenvalue weighted by molar-refractivity contribution is 0.467. The lowest BCUT2D eigenvalue weighted by atomic mass is 10.1. The molecule has 1 fully saturated rings. The third-order valence-corrected chi connectivity index (χ3v) is 4.84. The highest BCUT2D eigenvalue weighted by molar-refractivity contribution is 9.10. The van der Waals surface area contributed by atoms with Gasteiger partial charge in [-0.1, -0.05) is 22.0 Å². The van der Waals surface area contributed by atoms with Crippen LogP contribution in [-0.2, 0) is 10.8 Å². The summed E-state index contributed by atoms with van der Waals surface area (Å²) < 4.78 is 26.3. The predicted molar refractivity (Wildman–Crippen MR) is 71.9 cm³/mol. The standard InChI is InChI=1S/C12H15BrFNOS/c1-8-4-5-17(16)7-12(15-8)10-3-2-9(13)6-11(10)14/h2-3,6,8,12,15H,4-5,7H2,1H3. The normalized spacial score (nSPS) is 29.9. The Balaban J connectivity index is 2.27. The second-order valence-corrected chi connectivity index (χ2v) is 6.92. The zero-order chi connectivity index (χ0) is 12.4. The van der Waals surface area contributed by atoms with Crippen molar-refractivity contribution in [2.45, 2.75) is 25.4 Å². The molecule has 5 heteroatoms. The molecule has 3 unspecified atom stereocenters. The molecule has 1 heterocycles. The summed E-state index contributed by atoms with van der Waals surface area (Å²) in [7, 11) is -0.863. The fourth-order valence-corrected chi connectivity index (χ4v) is 3.78. The Labute approximate surface area is 112 Å². The van der Waals surface area contributed by atoms with Crippen LogP contribution in [-0.4, -0.2) is 21.8 Å². The SMILES string of the molecule is CC1CCS(=O)CC(c2ccc(Br)cc2F)N1. The fourth-order valence-electron chi connectivity index (χ4n) is 2.02. The molecule has 0 saturated carbocycles. The van der Waals surface area contributed by atoms with Gasteiger partial charge < -0.3 is 5.32 Å². The molecule has 0 aromatic heterocycles. The molecule has 1 aromatic rings. The van der Waals surface area contributed by atoms with E-state index < -0.39 is 10.8 Å². The van der Waals surface area contributed by atoms with E-state index in [-0.39, 0.29) is 17.9 Å². The number of hydrogen-bond donors (Lipinski definition) is 1. The summed E-state index contributed by atoms with van der Waals surface area (Å²) in [5.74, 6) is 0.939. The van der Waals surface area contributed by atoms with E-state index >= 15 is 0 Å². The molecule has 1 saturated heterocycles. The summed E-state index contributed by atoms with van der Waals surface area (Å²) in [6.45, 7) is 2.05. The molecule has 3 atom stereocenters. The zero-order valence-electron chi connectivity index (χ0n) is 9.58. The van der Waals surface area contributed by atoms with Crippen molar-refractivity contribution < 1.29 is 8.60 Å². The highest BCUT2D eigenvalue weighted by Crippen LogP contribution is 2.24. The van der Waals surface area contributed by atoms with Gasteiger partial charge in [0.1, 0.15) is 5.82 Å². The number of halogens is 2. The minimum Gasteiger partial charge on any atom is -0.307 e. The van der Waals surface area contributed by atoms with Crippen LogP contribution in [0.4, 0.5) is 4.39 Å². The minimum atomic E-state index is -0.863. The molecule has 1 aromatic carbocycles. The maximum Gasteiger partial charge on any atom is 0.129 e. The van der Waals surface area contributed by atoms with Crippen LogP contribution in [0.15, 0.2) is 22.7 Å². The molecule has 2 nitrogen and oxygen atoms in total. The Hall–Kier alpha value is -0.260. The van der Waals surface area contributed by atoms with E-state index in [2.05, 4.69) is 21.2 Å². The van der Waals surface area contributed by atoms with Gasteiger partial charge in [0, 0.05) is 44.4 Å². The molecule has 0 spiro atoms. The average molecular weight is 320 g/mol. The minimum absolute atomic E-state index is 0.151. The van der Waals surface area contributed by atoms with Crippen LogP contribution in [0.2, 0.25) is 0 Å². The molecule has 0 radical (unpaired) electrons. The third-order valence-electron chi connectivity index (χ3n) is 2.95. The van der Waals surface area contributed by atoms with Crippen LogP contribution in [0.5, 0.6) is 0 Å². The zero-order valence-corrected chi connectivity index (χ0v) is 12.0. The largest absolute Gasteiger partial charge is 0.307 e. The summed E-state index contributed by atoms with van der Waals surface area (Å²) in [5.41, 5.74) is 0.607. The van der Waals surface area contributed by atoms with E-state index in [1.807, 2.05) is 13.0 Å². The van der Waals surface area contributed by atoms with Gasteiger partial charge in [0.2, 0.25) is 0 Å². The summed E-state index contributed by atoms with van der Waals surface area (Å²) in [6, 6.07) is 5.15. The molecule has 17 heavy (non-hydrogen) atoms. The van der Waals surface area contributed by atoms with Crippen molar-refractivity contribution in [2.24, 2.45) is 0 Å². The molecule has 0 bridgehead atoms. The third kappa shape index (κ3) is 3.36. The smallest absolute Gasteiger partial charge is 0.129 e. The van der Waals surface area contributed by atoms with E-state index in [4.69, 9.17) is 0 Å². The highest BCUT2D eigenvalue weighted by atomic mass is 79.9. The van der Waals surface area contributed by atoms with Crippen molar-refractivity contribution in [3.8, 4) is 0 Å². The van der Waals surface area contributed by atoms with Crippen molar-refractivity contribution in [1.29, 1.82) is 0 Å². The van der Waals surface area contributed by atoms with Crippen LogP contribution in [0.1, 0.15) is 24.9 Å². The first-order valence-electron chi connectivity index (χ1n) is 5.62. The van der Waals surface area contributed by atoms with Crippen molar-refractivity contribution in [2.75, 3.05) is 11.5 Å². The van der Waals surface area contributed by atoms with Crippen molar-refractivity contribution in [1.82, 2.24) is 5.32 Å². The van der Waals surface area contributed by atoms with Gasteiger partial charge in [-0.25, -0.2) is 4.39 Å². The lowest BCUT2D eigenvalue weighted by Gasteiger charge is -2.20. The van der Waals surface area contributed by atoms with Gasteiger partial charge in [0.15, 0.2) is 0 Å². The van der Waals surface area contributed by atoms with Crippen molar-refractivity contribution in [3.63, 3.8) is 0 Å². The number of rotatable bonds is 1. The second kappa shape index (κ2) is 5.59. The molecular formula is C12H15BrFNOS. The molecule has 1 N–H and O–H groups in total. The van der Waals surface area contributed by atoms with Crippen molar-refractivity contribution in [3.05, 3.63) is 34.1 Å². The van der Waals surface area contributed by atoms with E-state index in [9.17, 15) is 8.60 Å². The van der Waals surface area contributed by atoms with Gasteiger partial charge in [-0.2, -0.15) is 0 Å². The summed E-state index contributed by atoms with van der Waals surface area (Å²) in [4.78, 5) is 0. The van der Waals surface area contributed by atoms with Gasteiger partial charge in [-0.3, -0.25) is 4.21 Å². The van der Waals surface area contributed by atoms with E-state index in [0.717, 1.165) is 10.9 Å². The quantitative estimate of drug-likeness (QED) is 0.862. The van der Waals surface area contributed by atoms with Crippen molar-refractivity contribution >= 4 is 26.7 Å². The molecule has 94 valence electrons. The second-order valence-electron chi connectivity index (χ2n) is 4.39. The summed E-state index contributed by atoms with van der Waals surface area (Å²) in [6.07, 6.45) is 0.876. The van der Waals surface area contributed by atoms with E-state index in [1.54, 1.807) is 6.07 Å². The molecule has 0 aliphatic carbocycles. The van der Waals surface area contributed by atoms with Gasteiger partial charge in [-0.15, -0.1) is 0 Å². The van der Waals surface area contributed by atoms with Crippen LogP contribution in [0.3, 0.4) is 0 Å². The van der Waals surface area contributed by atoms with Crippen LogP contribution in [0.25, 0.3) is 0 Å². The monoisotopic (exact) mass is 319 g/mol. The first-order valence-corrected chi connectivity index (χ1v) is 7.90. The highest BCUT2D eigenvalue weighted by Gasteiger charge is 2.23. The number of benzene rings is 1. The summed E-state index contributed by atoms with van der Waals surface area (Å²) >= 11 is 3.24. The van der Waals surface area contributed by atoms with E-state index in [0.29, 0.717) is 17.1 Å². The van der Waals surface area contributed by atoms with Crippen LogP contribution >= 0.6 is 15.9 Å². The van der Waals surface area contributed by atoms with Gasteiger partial charge in [-0.05, 0) is 25.5 Å². The Bertz CT molecular complexity index is 441. The maximum atomic E-state index is 13.9. The van der Waals surface area contributed by atoms with Gasteiger partial charge in [0.25, 0.3) is 0 Å². The number of hydrogen-bond acceptors (Lipinski definition) is 2. The van der Waals surface area contributed by atoms with Crippen LogP contribution < -0.4 is 5.32 Å². The van der Waals surface area contributed by atoms with Gasteiger partial charge >= 0.3 is 0 Å². The molecule has 1 aliphatic rings. The lowest BCUT2D eigenvalue weighted by Crippen LogP contribution is -2.31. The topological polar surface area (TPSA) is 29.1 Å². The first kappa shape index (κ1) is 13.2. The summed E-state index contributed by atoms with van der Waals surface area (Å²) in [5, 5.41) is 3.34. The fraction of sp³-hybridized carbons (Fsp3) is 0.500. The maximum absolute atomic E-state index is 13.9. The first-order chi connectivity index (χ1) is 8.06. The Morgan fingerprint density at radius 1 is 1.53 bits per heavy atom. The Kier molecular flexibility index (Phi) is 4.33. The van der Waals surface area contributed by atoms with Gasteiger partial charge in [0.05, 0.1) is 0 Å². The van der Waals surface area contributed by atoms with Crippen LogP contribution in [0, 0.1) is 5.82 Å². The van der Waals surface area contributed by atoms with E-state index in [1.165, 1.54) is 6.07 Å². The molecule has 0 amide bonds. The Morgan fingerprint density at radius 2 is 2.29 bits per heavy atom. The Morgan fingerprint density at radius 3 is 3.00 bits per heavy atom. The number of nitrogens with one attached hydrogen (secondary N) is 1. The molecule has 1 aliphatic heterocycles.